The molecule has 0 N–H and O–H groups in total. The molecule has 0 spiro atoms. The highest BCUT2D eigenvalue weighted by molar-refractivity contribution is 7.19. The molecule has 5 heteroatoms. The lowest BCUT2D eigenvalue weighted by molar-refractivity contribution is 0.0775. The van der Waals surface area contributed by atoms with Gasteiger partial charge in [-0.3, -0.25) is 4.79 Å². The highest BCUT2D eigenvalue weighted by atomic mass is 32.1. The third-order valence-corrected chi connectivity index (χ3v) is 5.76. The van der Waals surface area contributed by atoms with Gasteiger partial charge < -0.3 is 9.47 Å². The van der Waals surface area contributed by atoms with E-state index in [1.165, 1.54) is 17.0 Å². The molecule has 2 aromatic heterocycles. The Kier molecular flexibility index (Phi) is 5.01. The number of benzene rings is 2. The summed E-state index contributed by atoms with van der Waals surface area (Å²) in [6.07, 6.45) is 0. The zero-order valence-corrected chi connectivity index (χ0v) is 16.7. The number of thiophene rings is 1. The van der Waals surface area contributed by atoms with E-state index >= 15 is 0 Å². The third kappa shape index (κ3) is 3.71. The molecule has 0 aliphatic heterocycles. The van der Waals surface area contributed by atoms with Gasteiger partial charge in [0.05, 0.1) is 10.2 Å². The van der Waals surface area contributed by atoms with Crippen LogP contribution in [0, 0.1) is 12.7 Å². The van der Waals surface area contributed by atoms with Crippen LogP contribution >= 0.6 is 11.3 Å². The molecule has 0 saturated carbocycles. The van der Waals surface area contributed by atoms with Crippen molar-refractivity contribution in [1.29, 1.82) is 0 Å². The average molecular weight is 392 g/mol. The molecule has 0 saturated heterocycles. The Labute approximate surface area is 167 Å². The van der Waals surface area contributed by atoms with Gasteiger partial charge in [0.1, 0.15) is 11.5 Å². The Bertz CT molecular complexity index is 1130. The molecular weight excluding hydrogens is 371 g/mol. The molecule has 0 radical (unpaired) electrons. The number of rotatable bonds is 5. The van der Waals surface area contributed by atoms with E-state index in [9.17, 15) is 9.18 Å². The second-order valence-corrected chi connectivity index (χ2v) is 8.29. The second-order valence-electron chi connectivity index (χ2n) is 7.00. The smallest absolute Gasteiger partial charge is 0.270 e. The van der Waals surface area contributed by atoms with Crippen molar-refractivity contribution in [2.24, 2.45) is 0 Å². The minimum Gasteiger partial charge on any atom is -0.336 e. The summed E-state index contributed by atoms with van der Waals surface area (Å²) in [5.74, 6) is -0.308. The predicted molar refractivity (Wildman–Crippen MR) is 112 cm³/mol. The van der Waals surface area contributed by atoms with Gasteiger partial charge in [0.2, 0.25) is 0 Å². The summed E-state index contributed by atoms with van der Waals surface area (Å²) in [7, 11) is 1.81. The minimum atomic E-state index is -0.267. The van der Waals surface area contributed by atoms with E-state index in [0.29, 0.717) is 18.8 Å². The van der Waals surface area contributed by atoms with Gasteiger partial charge in [0, 0.05) is 25.0 Å². The van der Waals surface area contributed by atoms with Gasteiger partial charge in [0.15, 0.2) is 0 Å². The number of halogens is 1. The van der Waals surface area contributed by atoms with Gasteiger partial charge in [-0.2, -0.15) is 0 Å². The SMILES string of the molecule is Cc1cc2c(cc(C(=O)N(C)Cc3ccccc3)n2Cc2cccc(F)c2)s1. The topological polar surface area (TPSA) is 25.2 Å². The van der Waals surface area contributed by atoms with Crippen molar-refractivity contribution in [3.05, 3.63) is 94.2 Å². The second kappa shape index (κ2) is 7.60. The van der Waals surface area contributed by atoms with E-state index in [1.807, 2.05) is 54.1 Å². The molecule has 3 nitrogen and oxygen atoms in total. The van der Waals surface area contributed by atoms with E-state index in [2.05, 4.69) is 13.0 Å². The first-order chi connectivity index (χ1) is 13.5. The van der Waals surface area contributed by atoms with Gasteiger partial charge in [0.25, 0.3) is 5.91 Å². The standard InChI is InChI=1S/C23H21FN2OS/c1-16-11-20-22(28-16)13-21(26(20)15-18-9-6-10-19(24)12-18)23(27)25(2)14-17-7-4-3-5-8-17/h3-13H,14-15H2,1-2H3. The maximum absolute atomic E-state index is 13.7. The molecule has 28 heavy (non-hydrogen) atoms. The molecule has 2 aromatic carbocycles. The number of aryl methyl sites for hydroxylation is 1. The van der Waals surface area contributed by atoms with Crippen molar-refractivity contribution < 1.29 is 9.18 Å². The van der Waals surface area contributed by atoms with Gasteiger partial charge in [-0.1, -0.05) is 42.5 Å². The number of hydrogen-bond donors (Lipinski definition) is 0. The molecule has 0 unspecified atom stereocenters. The summed E-state index contributed by atoms with van der Waals surface area (Å²) >= 11 is 1.67. The first kappa shape index (κ1) is 18.4. The Morgan fingerprint density at radius 2 is 1.79 bits per heavy atom. The maximum Gasteiger partial charge on any atom is 0.270 e. The van der Waals surface area contributed by atoms with E-state index in [0.717, 1.165) is 21.3 Å². The zero-order chi connectivity index (χ0) is 19.7. The minimum absolute atomic E-state index is 0.0405. The number of carbonyl (C=O) groups is 1. The predicted octanol–water partition coefficient (Wildman–Crippen LogP) is 5.47. The fourth-order valence-electron chi connectivity index (χ4n) is 3.46. The van der Waals surface area contributed by atoms with Crippen molar-refractivity contribution in [1.82, 2.24) is 9.47 Å². The van der Waals surface area contributed by atoms with E-state index in [-0.39, 0.29) is 11.7 Å². The van der Waals surface area contributed by atoms with Crippen molar-refractivity contribution >= 4 is 27.5 Å². The summed E-state index contributed by atoms with van der Waals surface area (Å²) in [6.45, 7) is 3.05. The molecule has 4 rings (SSSR count). The molecular formula is C23H21FN2OS. The van der Waals surface area contributed by atoms with Crippen LogP contribution in [-0.2, 0) is 13.1 Å². The number of hydrogen-bond acceptors (Lipinski definition) is 2. The molecule has 4 aromatic rings. The van der Waals surface area contributed by atoms with Crippen LogP contribution in [0.1, 0.15) is 26.5 Å². The Hall–Kier alpha value is -2.92. The molecule has 0 fully saturated rings. The fraction of sp³-hybridized carbons (Fsp3) is 0.174. The van der Waals surface area contributed by atoms with Crippen LogP contribution in [0.5, 0.6) is 0 Å². The number of nitrogens with zero attached hydrogens (tertiary/aromatic N) is 2. The summed E-state index contributed by atoms with van der Waals surface area (Å²) in [4.78, 5) is 16.1. The van der Waals surface area contributed by atoms with Crippen LogP contribution in [0.25, 0.3) is 10.2 Å². The number of carbonyl (C=O) groups excluding carboxylic acids is 1. The van der Waals surface area contributed by atoms with Crippen LogP contribution in [0.4, 0.5) is 4.39 Å². The highest BCUT2D eigenvalue weighted by Crippen LogP contribution is 2.30. The lowest BCUT2D eigenvalue weighted by atomic mass is 10.2. The van der Waals surface area contributed by atoms with Gasteiger partial charge in [-0.05, 0) is 42.3 Å². The van der Waals surface area contributed by atoms with Gasteiger partial charge in [-0.25, -0.2) is 4.39 Å². The van der Waals surface area contributed by atoms with Crippen LogP contribution in [0.15, 0.2) is 66.7 Å². The fourth-order valence-corrected chi connectivity index (χ4v) is 4.42. The molecule has 0 aliphatic rings. The number of fused-ring (bicyclic) bond motifs is 1. The normalized spacial score (nSPS) is 11.1. The Morgan fingerprint density at radius 1 is 1.04 bits per heavy atom. The summed E-state index contributed by atoms with van der Waals surface area (Å²) in [6, 6.07) is 20.5. The molecule has 142 valence electrons. The van der Waals surface area contributed by atoms with Crippen molar-refractivity contribution in [3.63, 3.8) is 0 Å². The summed E-state index contributed by atoms with van der Waals surface area (Å²) < 4.78 is 16.7. The lowest BCUT2D eigenvalue weighted by Gasteiger charge is -2.19. The summed E-state index contributed by atoms with van der Waals surface area (Å²) in [5, 5.41) is 0. The van der Waals surface area contributed by atoms with Crippen LogP contribution < -0.4 is 0 Å². The lowest BCUT2D eigenvalue weighted by Crippen LogP contribution is -2.28. The molecule has 0 aliphatic carbocycles. The molecule has 1 amide bonds. The van der Waals surface area contributed by atoms with Crippen LogP contribution in [0.3, 0.4) is 0 Å². The van der Waals surface area contributed by atoms with E-state index < -0.39 is 0 Å². The maximum atomic E-state index is 13.7. The third-order valence-electron chi connectivity index (χ3n) is 4.77. The monoisotopic (exact) mass is 392 g/mol. The van der Waals surface area contributed by atoms with Crippen molar-refractivity contribution in [3.8, 4) is 0 Å². The van der Waals surface area contributed by atoms with Crippen molar-refractivity contribution in [2.75, 3.05) is 7.05 Å². The zero-order valence-electron chi connectivity index (χ0n) is 15.9. The number of amides is 1. The number of aromatic nitrogens is 1. The molecule has 2 heterocycles. The van der Waals surface area contributed by atoms with Crippen molar-refractivity contribution in [2.45, 2.75) is 20.0 Å². The van der Waals surface area contributed by atoms with Crippen LogP contribution in [0.2, 0.25) is 0 Å². The first-order valence-electron chi connectivity index (χ1n) is 9.15. The van der Waals surface area contributed by atoms with E-state index in [1.54, 1.807) is 22.3 Å². The average Bonchev–Trinajstić information content (AvgIpc) is 3.19. The van der Waals surface area contributed by atoms with Gasteiger partial charge >= 0.3 is 0 Å². The Balaban J connectivity index is 1.69. The van der Waals surface area contributed by atoms with Gasteiger partial charge in [-0.15, -0.1) is 11.3 Å². The Morgan fingerprint density at radius 3 is 2.54 bits per heavy atom. The highest BCUT2D eigenvalue weighted by Gasteiger charge is 2.21. The molecule has 0 atom stereocenters. The molecule has 0 bridgehead atoms. The first-order valence-corrected chi connectivity index (χ1v) is 9.96. The summed E-state index contributed by atoms with van der Waals surface area (Å²) in [5.41, 5.74) is 3.56. The van der Waals surface area contributed by atoms with Crippen LogP contribution in [-0.4, -0.2) is 22.4 Å². The van der Waals surface area contributed by atoms with E-state index in [4.69, 9.17) is 0 Å². The quantitative estimate of drug-likeness (QED) is 0.442. The largest absolute Gasteiger partial charge is 0.336 e.